The normalized spacial score (nSPS) is 12.1. The van der Waals surface area contributed by atoms with Gasteiger partial charge in [-0.25, -0.2) is 8.42 Å². The van der Waals surface area contributed by atoms with E-state index < -0.39 is 16.1 Å². The first kappa shape index (κ1) is 31.5. The highest BCUT2D eigenvalue weighted by atomic mass is 35.5. The van der Waals surface area contributed by atoms with Gasteiger partial charge in [-0.05, 0) is 66.8 Å². The maximum atomic E-state index is 13.8. The number of hydrogen-bond acceptors (Lipinski definition) is 4. The molecular formula is C30H35Cl2N3O4S. The zero-order valence-corrected chi connectivity index (χ0v) is 25.5. The van der Waals surface area contributed by atoms with Gasteiger partial charge in [-0.15, -0.1) is 0 Å². The lowest BCUT2D eigenvalue weighted by Gasteiger charge is -2.32. The number of carbonyl (C=O) groups is 2. The van der Waals surface area contributed by atoms with Crippen molar-refractivity contribution < 1.29 is 18.0 Å². The molecule has 214 valence electrons. The van der Waals surface area contributed by atoms with Crippen molar-refractivity contribution in [1.82, 2.24) is 10.2 Å². The SMILES string of the molecule is CNC(=O)C(Cc1ccccc1)N(Cc1ccc(Cl)cc1Cl)C(=O)CCCN(c1cc(C)cc(C)c1)S(C)(=O)=O. The van der Waals surface area contributed by atoms with Gasteiger partial charge in [-0.3, -0.25) is 13.9 Å². The van der Waals surface area contributed by atoms with Gasteiger partial charge in [0.25, 0.3) is 0 Å². The molecule has 1 N–H and O–H groups in total. The summed E-state index contributed by atoms with van der Waals surface area (Å²) in [5, 5.41) is 3.53. The lowest BCUT2D eigenvalue weighted by molar-refractivity contribution is -0.141. The van der Waals surface area contributed by atoms with Crippen molar-refractivity contribution in [3.05, 3.63) is 99.0 Å². The van der Waals surface area contributed by atoms with Crippen LogP contribution in [0.4, 0.5) is 5.69 Å². The predicted octanol–water partition coefficient (Wildman–Crippen LogP) is 5.54. The van der Waals surface area contributed by atoms with Gasteiger partial charge in [0.1, 0.15) is 6.04 Å². The second kappa shape index (κ2) is 14.0. The molecule has 10 heteroatoms. The van der Waals surface area contributed by atoms with E-state index in [0.29, 0.717) is 27.7 Å². The molecule has 0 saturated heterocycles. The van der Waals surface area contributed by atoms with E-state index in [1.165, 1.54) is 16.3 Å². The zero-order valence-electron chi connectivity index (χ0n) is 23.2. The Hall–Kier alpha value is -3.07. The third kappa shape index (κ3) is 8.71. The molecule has 3 aromatic rings. The summed E-state index contributed by atoms with van der Waals surface area (Å²) in [6.07, 6.45) is 1.75. The van der Waals surface area contributed by atoms with Crippen molar-refractivity contribution in [2.75, 3.05) is 24.2 Å². The number of carbonyl (C=O) groups excluding carboxylic acids is 2. The molecule has 0 aliphatic rings. The van der Waals surface area contributed by atoms with Gasteiger partial charge in [0.2, 0.25) is 21.8 Å². The van der Waals surface area contributed by atoms with Crippen LogP contribution in [0.2, 0.25) is 10.0 Å². The molecule has 0 heterocycles. The highest BCUT2D eigenvalue weighted by Crippen LogP contribution is 2.26. The van der Waals surface area contributed by atoms with E-state index in [1.54, 1.807) is 18.2 Å². The van der Waals surface area contributed by atoms with Crippen LogP contribution < -0.4 is 9.62 Å². The van der Waals surface area contributed by atoms with Gasteiger partial charge in [-0.1, -0.05) is 65.7 Å². The Balaban J connectivity index is 1.88. The minimum Gasteiger partial charge on any atom is -0.357 e. The summed E-state index contributed by atoms with van der Waals surface area (Å²) in [6.45, 7) is 4.02. The number of nitrogens with one attached hydrogen (secondary N) is 1. The van der Waals surface area contributed by atoms with Crippen LogP contribution in [0.25, 0.3) is 0 Å². The minimum atomic E-state index is -3.59. The summed E-state index contributed by atoms with van der Waals surface area (Å²) in [5.41, 5.74) is 3.99. The Morgan fingerprint density at radius 3 is 2.17 bits per heavy atom. The molecular weight excluding hydrogens is 569 g/mol. The van der Waals surface area contributed by atoms with Crippen LogP contribution in [0.15, 0.2) is 66.7 Å². The number of anilines is 1. The highest BCUT2D eigenvalue weighted by molar-refractivity contribution is 7.92. The fraction of sp³-hybridized carbons (Fsp3) is 0.333. The number of rotatable bonds is 12. The molecule has 1 atom stereocenters. The van der Waals surface area contributed by atoms with Gasteiger partial charge >= 0.3 is 0 Å². The molecule has 3 rings (SSSR count). The van der Waals surface area contributed by atoms with Crippen LogP contribution in [0.1, 0.15) is 35.1 Å². The molecule has 1 unspecified atom stereocenters. The molecule has 0 fully saturated rings. The molecule has 3 aromatic carbocycles. The van der Waals surface area contributed by atoms with E-state index in [4.69, 9.17) is 23.2 Å². The molecule has 2 amide bonds. The lowest BCUT2D eigenvalue weighted by atomic mass is 10.0. The van der Waals surface area contributed by atoms with Crippen LogP contribution in [0, 0.1) is 13.8 Å². The van der Waals surface area contributed by atoms with Crippen LogP contribution in [-0.2, 0) is 32.6 Å². The maximum Gasteiger partial charge on any atom is 0.242 e. The Labute approximate surface area is 247 Å². The molecule has 40 heavy (non-hydrogen) atoms. The Morgan fingerprint density at radius 1 is 0.950 bits per heavy atom. The van der Waals surface area contributed by atoms with Crippen LogP contribution in [0.3, 0.4) is 0 Å². The van der Waals surface area contributed by atoms with Crippen LogP contribution >= 0.6 is 23.2 Å². The number of amides is 2. The standard InChI is InChI=1S/C30H35Cl2N3O4S/c1-21-15-22(2)17-26(16-21)35(40(4,38)39)14-8-11-29(36)34(20-24-12-13-25(31)19-27(24)32)28(30(37)33-3)18-23-9-6-5-7-10-23/h5-7,9-10,12-13,15-17,19,28H,8,11,14,18,20H2,1-4H3,(H,33,37). The quantitative estimate of drug-likeness (QED) is 0.294. The minimum absolute atomic E-state index is 0.0321. The first-order valence-corrected chi connectivity index (χ1v) is 15.5. The molecule has 0 spiro atoms. The third-order valence-electron chi connectivity index (χ3n) is 6.52. The highest BCUT2D eigenvalue weighted by Gasteiger charge is 2.30. The van der Waals surface area contributed by atoms with E-state index in [9.17, 15) is 18.0 Å². The number of sulfonamides is 1. The summed E-state index contributed by atoms with van der Waals surface area (Å²) in [7, 11) is -2.05. The topological polar surface area (TPSA) is 86.8 Å². The van der Waals surface area contributed by atoms with Crippen LogP contribution in [0.5, 0.6) is 0 Å². The van der Waals surface area contributed by atoms with E-state index in [0.717, 1.165) is 22.9 Å². The van der Waals surface area contributed by atoms with Crippen molar-refractivity contribution in [3.63, 3.8) is 0 Å². The maximum absolute atomic E-state index is 13.8. The molecule has 0 aliphatic carbocycles. The molecule has 0 radical (unpaired) electrons. The molecule has 0 saturated carbocycles. The second-order valence-electron chi connectivity index (χ2n) is 9.86. The van der Waals surface area contributed by atoms with E-state index >= 15 is 0 Å². The van der Waals surface area contributed by atoms with Crippen molar-refractivity contribution in [2.24, 2.45) is 0 Å². The van der Waals surface area contributed by atoms with Crippen molar-refractivity contribution in [1.29, 1.82) is 0 Å². The second-order valence-corrected chi connectivity index (χ2v) is 12.6. The number of nitrogens with zero attached hydrogens (tertiary/aromatic N) is 2. The first-order valence-electron chi connectivity index (χ1n) is 12.9. The fourth-order valence-electron chi connectivity index (χ4n) is 4.65. The van der Waals surface area contributed by atoms with Gasteiger partial charge < -0.3 is 10.2 Å². The summed E-state index contributed by atoms with van der Waals surface area (Å²) >= 11 is 12.5. The smallest absolute Gasteiger partial charge is 0.242 e. The summed E-state index contributed by atoms with van der Waals surface area (Å²) in [4.78, 5) is 28.4. The van der Waals surface area contributed by atoms with Gasteiger partial charge in [0, 0.05) is 43.0 Å². The summed E-state index contributed by atoms with van der Waals surface area (Å²) in [5.74, 6) is -0.597. The molecule has 0 aromatic heterocycles. The number of halogens is 2. The fourth-order valence-corrected chi connectivity index (χ4v) is 6.07. The largest absolute Gasteiger partial charge is 0.357 e. The van der Waals surface area contributed by atoms with Crippen LogP contribution in [-0.4, -0.2) is 51.0 Å². The monoisotopic (exact) mass is 603 g/mol. The Kier molecular flexibility index (Phi) is 11.0. The molecule has 0 bridgehead atoms. The van der Waals surface area contributed by atoms with Crippen molar-refractivity contribution in [2.45, 2.75) is 45.7 Å². The van der Waals surface area contributed by atoms with Gasteiger partial charge in [0.15, 0.2) is 0 Å². The Morgan fingerprint density at radius 2 is 1.60 bits per heavy atom. The first-order chi connectivity index (χ1) is 18.9. The zero-order chi connectivity index (χ0) is 29.4. The summed E-state index contributed by atoms with van der Waals surface area (Å²) < 4.78 is 26.6. The van der Waals surface area contributed by atoms with E-state index in [1.807, 2.05) is 62.4 Å². The van der Waals surface area contributed by atoms with E-state index in [-0.39, 0.29) is 37.7 Å². The lowest BCUT2D eigenvalue weighted by Crippen LogP contribution is -2.49. The number of likely N-dealkylation sites (N-methyl/N-ethyl adjacent to an activating group) is 1. The molecule has 7 nitrogen and oxygen atoms in total. The number of aryl methyl sites for hydroxylation is 2. The third-order valence-corrected chi connectivity index (χ3v) is 8.30. The van der Waals surface area contributed by atoms with Gasteiger partial charge in [-0.2, -0.15) is 0 Å². The average molecular weight is 605 g/mol. The predicted molar refractivity (Wildman–Crippen MR) is 162 cm³/mol. The van der Waals surface area contributed by atoms with Gasteiger partial charge in [0.05, 0.1) is 11.9 Å². The molecule has 0 aliphatic heterocycles. The summed E-state index contributed by atoms with van der Waals surface area (Å²) in [6, 6.07) is 19.3. The van der Waals surface area contributed by atoms with Crippen molar-refractivity contribution in [3.8, 4) is 0 Å². The van der Waals surface area contributed by atoms with Crippen molar-refractivity contribution >= 4 is 50.7 Å². The van der Waals surface area contributed by atoms with E-state index in [2.05, 4.69) is 5.32 Å². The number of benzene rings is 3. The average Bonchev–Trinajstić information content (AvgIpc) is 2.88. The Bertz CT molecular complexity index is 1430. The number of hydrogen-bond donors (Lipinski definition) is 1.